The molecule has 0 aliphatic rings. The summed E-state index contributed by atoms with van der Waals surface area (Å²) in [4.78, 5) is 11.7. The van der Waals surface area contributed by atoms with E-state index in [0.29, 0.717) is 12.1 Å². The Balaban J connectivity index is 1.96. The molecule has 1 heterocycles. The van der Waals surface area contributed by atoms with E-state index in [4.69, 9.17) is 5.73 Å². The van der Waals surface area contributed by atoms with E-state index in [0.717, 1.165) is 28.9 Å². The summed E-state index contributed by atoms with van der Waals surface area (Å²) in [7, 11) is 0. The van der Waals surface area contributed by atoms with Crippen LogP contribution in [0.4, 0.5) is 4.39 Å². The first-order valence-corrected chi connectivity index (χ1v) is 7.86. The van der Waals surface area contributed by atoms with Crippen LogP contribution in [-0.2, 0) is 13.0 Å². The Morgan fingerprint density at radius 1 is 1.08 bits per heavy atom. The Bertz CT molecular complexity index is 851. The van der Waals surface area contributed by atoms with Crippen LogP contribution in [0.2, 0.25) is 0 Å². The second-order valence-electron chi connectivity index (χ2n) is 5.79. The Morgan fingerprint density at radius 2 is 1.75 bits per heavy atom. The number of nitrogens with two attached hydrogens (primary N) is 1. The molecule has 0 fully saturated rings. The van der Waals surface area contributed by atoms with Crippen LogP contribution in [0, 0.1) is 12.7 Å². The van der Waals surface area contributed by atoms with E-state index in [-0.39, 0.29) is 5.82 Å². The Morgan fingerprint density at radius 3 is 2.38 bits per heavy atom. The SMILES string of the molecule is Cc1c(C(N)=O)cc(-c2ccccc2)n1CCc1ccc(F)cc1. The molecule has 0 unspecified atom stereocenters. The largest absolute Gasteiger partial charge is 0.366 e. The monoisotopic (exact) mass is 322 g/mol. The summed E-state index contributed by atoms with van der Waals surface area (Å²) < 4.78 is 15.1. The van der Waals surface area contributed by atoms with Gasteiger partial charge in [0.1, 0.15) is 5.82 Å². The normalized spacial score (nSPS) is 10.8. The molecule has 0 saturated heterocycles. The summed E-state index contributed by atoms with van der Waals surface area (Å²) in [6.45, 7) is 2.59. The predicted octanol–water partition coefficient (Wildman–Crippen LogP) is 3.94. The molecule has 2 N–H and O–H groups in total. The number of hydrogen-bond donors (Lipinski definition) is 1. The molecule has 1 aromatic heterocycles. The molecule has 0 spiro atoms. The fourth-order valence-electron chi connectivity index (χ4n) is 2.92. The highest BCUT2D eigenvalue weighted by molar-refractivity contribution is 5.95. The van der Waals surface area contributed by atoms with Crippen molar-refractivity contribution in [2.75, 3.05) is 0 Å². The lowest BCUT2D eigenvalue weighted by Crippen LogP contribution is -2.13. The molecule has 3 aromatic rings. The third-order valence-corrected chi connectivity index (χ3v) is 4.24. The summed E-state index contributed by atoms with van der Waals surface area (Å²) in [5.41, 5.74) is 9.93. The maximum atomic E-state index is 13.0. The number of aromatic nitrogens is 1. The predicted molar refractivity (Wildman–Crippen MR) is 93.2 cm³/mol. The van der Waals surface area contributed by atoms with E-state index >= 15 is 0 Å². The van der Waals surface area contributed by atoms with Gasteiger partial charge in [0, 0.05) is 17.9 Å². The van der Waals surface area contributed by atoms with Crippen LogP contribution in [0.25, 0.3) is 11.3 Å². The van der Waals surface area contributed by atoms with E-state index in [2.05, 4.69) is 4.57 Å². The number of rotatable bonds is 5. The smallest absolute Gasteiger partial charge is 0.250 e. The van der Waals surface area contributed by atoms with Crippen LogP contribution < -0.4 is 5.73 Å². The number of benzene rings is 2. The van der Waals surface area contributed by atoms with Crippen molar-refractivity contribution in [1.29, 1.82) is 0 Å². The van der Waals surface area contributed by atoms with Gasteiger partial charge in [-0.25, -0.2) is 4.39 Å². The molecule has 0 saturated carbocycles. The van der Waals surface area contributed by atoms with Gasteiger partial charge in [-0.15, -0.1) is 0 Å². The van der Waals surface area contributed by atoms with Gasteiger partial charge in [0.2, 0.25) is 0 Å². The van der Waals surface area contributed by atoms with Crippen LogP contribution in [0.15, 0.2) is 60.7 Å². The quantitative estimate of drug-likeness (QED) is 0.760. The summed E-state index contributed by atoms with van der Waals surface area (Å²) in [5.74, 6) is -0.665. The van der Waals surface area contributed by atoms with Crippen molar-refractivity contribution in [2.45, 2.75) is 19.9 Å². The van der Waals surface area contributed by atoms with Gasteiger partial charge in [0.15, 0.2) is 0 Å². The van der Waals surface area contributed by atoms with Gasteiger partial charge >= 0.3 is 0 Å². The first kappa shape index (κ1) is 16.0. The van der Waals surface area contributed by atoms with Crippen LogP contribution in [-0.4, -0.2) is 10.5 Å². The molecule has 24 heavy (non-hydrogen) atoms. The zero-order valence-electron chi connectivity index (χ0n) is 13.5. The van der Waals surface area contributed by atoms with E-state index in [1.807, 2.05) is 43.3 Å². The number of aryl methyl sites for hydroxylation is 1. The molecule has 0 bridgehead atoms. The van der Waals surface area contributed by atoms with Crippen molar-refractivity contribution in [3.05, 3.63) is 83.3 Å². The number of halogens is 1. The summed E-state index contributed by atoms with van der Waals surface area (Å²) >= 11 is 0. The van der Waals surface area contributed by atoms with Gasteiger partial charge in [-0.2, -0.15) is 0 Å². The number of amides is 1. The molecule has 0 aliphatic heterocycles. The molecule has 3 nitrogen and oxygen atoms in total. The number of carbonyl (C=O) groups excluding carboxylic acids is 1. The molecule has 4 heteroatoms. The van der Waals surface area contributed by atoms with Gasteiger partial charge in [0.05, 0.1) is 5.56 Å². The Kier molecular flexibility index (Phi) is 4.47. The molecular formula is C20H19FN2O. The van der Waals surface area contributed by atoms with Crippen molar-refractivity contribution in [3.8, 4) is 11.3 Å². The first-order chi connectivity index (χ1) is 11.6. The van der Waals surface area contributed by atoms with E-state index in [1.54, 1.807) is 12.1 Å². The maximum absolute atomic E-state index is 13.0. The van der Waals surface area contributed by atoms with E-state index in [1.165, 1.54) is 12.1 Å². The number of nitrogens with zero attached hydrogens (tertiary/aromatic N) is 1. The first-order valence-electron chi connectivity index (χ1n) is 7.86. The minimum atomic E-state index is -0.426. The van der Waals surface area contributed by atoms with Crippen molar-refractivity contribution >= 4 is 5.91 Å². The van der Waals surface area contributed by atoms with Gasteiger partial charge in [-0.05, 0) is 42.7 Å². The Hall–Kier alpha value is -2.88. The zero-order valence-corrected chi connectivity index (χ0v) is 13.5. The second-order valence-corrected chi connectivity index (χ2v) is 5.79. The number of carbonyl (C=O) groups is 1. The third-order valence-electron chi connectivity index (χ3n) is 4.24. The fourth-order valence-corrected chi connectivity index (χ4v) is 2.92. The van der Waals surface area contributed by atoms with E-state index < -0.39 is 5.91 Å². The summed E-state index contributed by atoms with van der Waals surface area (Å²) in [6, 6.07) is 18.2. The summed E-state index contributed by atoms with van der Waals surface area (Å²) in [5, 5.41) is 0. The summed E-state index contributed by atoms with van der Waals surface area (Å²) in [6.07, 6.45) is 0.744. The van der Waals surface area contributed by atoms with Crippen molar-refractivity contribution in [2.24, 2.45) is 5.73 Å². The average Bonchev–Trinajstić information content (AvgIpc) is 2.92. The molecule has 0 atom stereocenters. The second kappa shape index (κ2) is 6.71. The minimum absolute atomic E-state index is 0.239. The van der Waals surface area contributed by atoms with Crippen LogP contribution in [0.5, 0.6) is 0 Å². The lowest BCUT2D eigenvalue weighted by atomic mass is 10.1. The molecule has 2 aromatic carbocycles. The fraction of sp³-hybridized carbons (Fsp3) is 0.150. The van der Waals surface area contributed by atoms with Crippen molar-refractivity contribution in [3.63, 3.8) is 0 Å². The molecule has 0 radical (unpaired) electrons. The third kappa shape index (κ3) is 3.23. The highest BCUT2D eigenvalue weighted by atomic mass is 19.1. The zero-order chi connectivity index (χ0) is 17.1. The minimum Gasteiger partial charge on any atom is -0.366 e. The van der Waals surface area contributed by atoms with Crippen LogP contribution in [0.3, 0.4) is 0 Å². The standard InChI is InChI=1S/C20H19FN2O/c1-14-18(20(22)24)13-19(16-5-3-2-4-6-16)23(14)12-11-15-7-9-17(21)10-8-15/h2-10,13H,11-12H2,1H3,(H2,22,24). The molecule has 1 amide bonds. The van der Waals surface area contributed by atoms with Gasteiger partial charge in [-0.1, -0.05) is 42.5 Å². The highest BCUT2D eigenvalue weighted by Gasteiger charge is 2.16. The number of primary amides is 1. The lowest BCUT2D eigenvalue weighted by molar-refractivity contribution is 0.0999. The molecule has 0 aliphatic carbocycles. The average molecular weight is 322 g/mol. The molecule has 3 rings (SSSR count). The maximum Gasteiger partial charge on any atom is 0.250 e. The van der Waals surface area contributed by atoms with Crippen LogP contribution >= 0.6 is 0 Å². The van der Waals surface area contributed by atoms with Crippen molar-refractivity contribution in [1.82, 2.24) is 4.57 Å². The van der Waals surface area contributed by atoms with E-state index in [9.17, 15) is 9.18 Å². The highest BCUT2D eigenvalue weighted by Crippen LogP contribution is 2.26. The molecular weight excluding hydrogens is 303 g/mol. The van der Waals surface area contributed by atoms with Crippen LogP contribution in [0.1, 0.15) is 21.6 Å². The molecule has 122 valence electrons. The van der Waals surface area contributed by atoms with Crippen molar-refractivity contribution < 1.29 is 9.18 Å². The lowest BCUT2D eigenvalue weighted by Gasteiger charge is -2.12. The topological polar surface area (TPSA) is 48.0 Å². The Labute approximate surface area is 140 Å². The van der Waals surface area contributed by atoms with Gasteiger partial charge in [0.25, 0.3) is 5.91 Å². The van der Waals surface area contributed by atoms with Gasteiger partial charge in [-0.3, -0.25) is 4.79 Å². The van der Waals surface area contributed by atoms with Gasteiger partial charge < -0.3 is 10.3 Å². The number of hydrogen-bond acceptors (Lipinski definition) is 1.